The molecule has 0 saturated carbocycles. The van der Waals surface area contributed by atoms with Gasteiger partial charge in [-0.25, -0.2) is 0 Å². The highest BCUT2D eigenvalue weighted by Gasteiger charge is 2.12. The highest BCUT2D eigenvalue weighted by atomic mass is 16.1. The van der Waals surface area contributed by atoms with E-state index in [1.165, 1.54) is 16.7 Å². The topological polar surface area (TPSA) is 17.1 Å². The number of Topliss-reactive ketones (excluding diaryl/α,β-unsaturated/α-hetero) is 1. The maximum absolute atomic E-state index is 11.9. The Labute approximate surface area is 103 Å². The Morgan fingerprint density at radius 3 is 2.47 bits per heavy atom. The monoisotopic (exact) mass is 226 g/mol. The minimum Gasteiger partial charge on any atom is -0.294 e. The first-order valence-corrected chi connectivity index (χ1v) is 6.12. The Balaban J connectivity index is 1.95. The first-order chi connectivity index (χ1) is 8.18. The summed E-state index contributed by atoms with van der Waals surface area (Å²) in [4.78, 5) is 11.9. The van der Waals surface area contributed by atoms with Gasteiger partial charge in [-0.05, 0) is 32.3 Å². The zero-order valence-electron chi connectivity index (χ0n) is 10.5. The van der Waals surface area contributed by atoms with Crippen molar-refractivity contribution in [2.45, 2.75) is 33.1 Å². The van der Waals surface area contributed by atoms with Crippen molar-refractivity contribution in [3.05, 3.63) is 58.7 Å². The molecule has 0 saturated heterocycles. The molecule has 1 aromatic carbocycles. The summed E-state index contributed by atoms with van der Waals surface area (Å²) in [6.07, 6.45) is 4.79. The molecule has 1 aromatic rings. The van der Waals surface area contributed by atoms with Crippen molar-refractivity contribution in [3.8, 4) is 0 Å². The van der Waals surface area contributed by atoms with E-state index >= 15 is 0 Å². The summed E-state index contributed by atoms with van der Waals surface area (Å²) in [6.45, 7) is 4.29. The largest absolute Gasteiger partial charge is 0.294 e. The van der Waals surface area contributed by atoms with Crippen LogP contribution in [0.1, 0.15) is 43.5 Å². The normalized spacial score (nSPS) is 15.1. The number of allylic oxidation sites excluding steroid dienone is 4. The summed E-state index contributed by atoms with van der Waals surface area (Å²) in [5.74, 6) is 0.246. The van der Waals surface area contributed by atoms with E-state index in [1.54, 1.807) is 0 Å². The van der Waals surface area contributed by atoms with Gasteiger partial charge in [-0.1, -0.05) is 47.6 Å². The van der Waals surface area contributed by atoms with Gasteiger partial charge in [-0.2, -0.15) is 0 Å². The fourth-order valence-corrected chi connectivity index (χ4v) is 2.18. The predicted molar refractivity (Wildman–Crippen MR) is 71.1 cm³/mol. The zero-order chi connectivity index (χ0) is 12.3. The maximum Gasteiger partial charge on any atom is 0.163 e. The van der Waals surface area contributed by atoms with Gasteiger partial charge in [0.1, 0.15) is 0 Å². The van der Waals surface area contributed by atoms with Crippen molar-refractivity contribution >= 4 is 5.78 Å². The fraction of sp³-hybridized carbons (Fsp3) is 0.312. The molecule has 0 atom stereocenters. The van der Waals surface area contributed by atoms with Crippen LogP contribution in [-0.4, -0.2) is 5.78 Å². The van der Waals surface area contributed by atoms with Crippen LogP contribution in [0, 0.1) is 0 Å². The van der Waals surface area contributed by atoms with Gasteiger partial charge in [0.25, 0.3) is 0 Å². The SMILES string of the molecule is CC1=CCC(CCC(=O)c2ccccc2)=C1C. The third kappa shape index (κ3) is 2.73. The first kappa shape index (κ1) is 11.8. The molecule has 1 aliphatic rings. The van der Waals surface area contributed by atoms with E-state index in [4.69, 9.17) is 0 Å². The van der Waals surface area contributed by atoms with Crippen molar-refractivity contribution < 1.29 is 4.79 Å². The third-order valence-electron chi connectivity index (χ3n) is 3.53. The van der Waals surface area contributed by atoms with Gasteiger partial charge in [0.05, 0.1) is 0 Å². The molecular weight excluding hydrogens is 208 g/mol. The first-order valence-electron chi connectivity index (χ1n) is 6.12. The van der Waals surface area contributed by atoms with Crippen molar-refractivity contribution in [2.24, 2.45) is 0 Å². The molecule has 0 bridgehead atoms. The van der Waals surface area contributed by atoms with Gasteiger partial charge in [0.15, 0.2) is 5.78 Å². The van der Waals surface area contributed by atoms with Gasteiger partial charge >= 0.3 is 0 Å². The van der Waals surface area contributed by atoms with Crippen molar-refractivity contribution in [3.63, 3.8) is 0 Å². The molecule has 0 fully saturated rings. The number of ketones is 1. The van der Waals surface area contributed by atoms with E-state index in [0.717, 1.165) is 18.4 Å². The van der Waals surface area contributed by atoms with E-state index < -0.39 is 0 Å². The van der Waals surface area contributed by atoms with E-state index in [1.807, 2.05) is 30.3 Å². The fourth-order valence-electron chi connectivity index (χ4n) is 2.18. The minimum absolute atomic E-state index is 0.246. The lowest BCUT2D eigenvalue weighted by molar-refractivity contribution is 0.0982. The Kier molecular flexibility index (Phi) is 3.58. The highest BCUT2D eigenvalue weighted by molar-refractivity contribution is 5.96. The second-order valence-corrected chi connectivity index (χ2v) is 4.61. The van der Waals surface area contributed by atoms with Crippen molar-refractivity contribution in [2.75, 3.05) is 0 Å². The second kappa shape index (κ2) is 5.13. The molecular formula is C16H18O. The van der Waals surface area contributed by atoms with Crippen LogP contribution in [0.5, 0.6) is 0 Å². The number of carbonyl (C=O) groups excluding carboxylic acids is 1. The Morgan fingerprint density at radius 2 is 1.88 bits per heavy atom. The summed E-state index contributed by atoms with van der Waals surface area (Å²) >= 11 is 0. The molecule has 88 valence electrons. The molecule has 0 aliphatic heterocycles. The lowest BCUT2D eigenvalue weighted by Crippen LogP contribution is -1.99. The molecule has 17 heavy (non-hydrogen) atoms. The summed E-state index contributed by atoms with van der Waals surface area (Å²) in [5, 5.41) is 0. The average molecular weight is 226 g/mol. The van der Waals surface area contributed by atoms with E-state index in [9.17, 15) is 4.79 Å². The van der Waals surface area contributed by atoms with Gasteiger partial charge in [0, 0.05) is 12.0 Å². The molecule has 0 N–H and O–H groups in total. The number of rotatable bonds is 4. The van der Waals surface area contributed by atoms with E-state index in [2.05, 4.69) is 19.9 Å². The van der Waals surface area contributed by atoms with Crippen LogP contribution in [0.2, 0.25) is 0 Å². The maximum atomic E-state index is 11.9. The minimum atomic E-state index is 0.246. The summed E-state index contributed by atoms with van der Waals surface area (Å²) in [7, 11) is 0. The number of hydrogen-bond acceptors (Lipinski definition) is 1. The lowest BCUT2D eigenvalue weighted by Gasteiger charge is -2.05. The molecule has 0 radical (unpaired) electrons. The van der Waals surface area contributed by atoms with E-state index in [0.29, 0.717) is 6.42 Å². The lowest BCUT2D eigenvalue weighted by atomic mass is 10.00. The summed E-state index contributed by atoms with van der Waals surface area (Å²) in [5.41, 5.74) is 5.00. The molecule has 1 heteroatoms. The number of carbonyl (C=O) groups is 1. The zero-order valence-corrected chi connectivity index (χ0v) is 10.5. The third-order valence-corrected chi connectivity index (χ3v) is 3.53. The smallest absolute Gasteiger partial charge is 0.163 e. The van der Waals surface area contributed by atoms with Crippen LogP contribution in [-0.2, 0) is 0 Å². The van der Waals surface area contributed by atoms with Gasteiger partial charge < -0.3 is 0 Å². The van der Waals surface area contributed by atoms with E-state index in [-0.39, 0.29) is 5.78 Å². The van der Waals surface area contributed by atoms with Crippen LogP contribution in [0.15, 0.2) is 53.1 Å². The molecule has 1 nitrogen and oxygen atoms in total. The van der Waals surface area contributed by atoms with Gasteiger partial charge in [-0.3, -0.25) is 4.79 Å². The van der Waals surface area contributed by atoms with Crippen LogP contribution < -0.4 is 0 Å². The highest BCUT2D eigenvalue weighted by Crippen LogP contribution is 2.28. The summed E-state index contributed by atoms with van der Waals surface area (Å²) in [6, 6.07) is 9.55. The quantitative estimate of drug-likeness (QED) is 0.699. The van der Waals surface area contributed by atoms with Gasteiger partial charge in [0.2, 0.25) is 0 Å². The van der Waals surface area contributed by atoms with Crippen LogP contribution in [0.25, 0.3) is 0 Å². The van der Waals surface area contributed by atoms with Crippen molar-refractivity contribution in [1.82, 2.24) is 0 Å². The molecule has 0 aromatic heterocycles. The number of hydrogen-bond donors (Lipinski definition) is 0. The Hall–Kier alpha value is -1.63. The molecule has 0 amide bonds. The number of benzene rings is 1. The van der Waals surface area contributed by atoms with Crippen LogP contribution >= 0.6 is 0 Å². The standard InChI is InChI=1S/C16H18O/c1-12-8-9-14(13(12)2)10-11-16(17)15-6-4-3-5-7-15/h3-8H,9-11H2,1-2H3. The van der Waals surface area contributed by atoms with Crippen LogP contribution in [0.4, 0.5) is 0 Å². The molecule has 0 heterocycles. The Morgan fingerprint density at radius 1 is 1.18 bits per heavy atom. The molecule has 0 spiro atoms. The second-order valence-electron chi connectivity index (χ2n) is 4.61. The molecule has 0 unspecified atom stereocenters. The predicted octanol–water partition coefficient (Wildman–Crippen LogP) is 4.32. The molecule has 2 rings (SSSR count). The summed E-state index contributed by atoms with van der Waals surface area (Å²) < 4.78 is 0. The average Bonchev–Trinajstić information content (AvgIpc) is 2.68. The molecule has 1 aliphatic carbocycles. The van der Waals surface area contributed by atoms with Gasteiger partial charge in [-0.15, -0.1) is 0 Å². The van der Waals surface area contributed by atoms with Crippen LogP contribution in [0.3, 0.4) is 0 Å². The Bertz CT molecular complexity index is 478. The van der Waals surface area contributed by atoms with Crippen molar-refractivity contribution in [1.29, 1.82) is 0 Å².